The summed E-state index contributed by atoms with van der Waals surface area (Å²) in [4.78, 5) is 37.7. The number of rotatable bonds is 3. The van der Waals surface area contributed by atoms with Crippen LogP contribution in [0.3, 0.4) is 0 Å². The molecule has 104 valence electrons. The third kappa shape index (κ3) is 4.02. The van der Waals surface area contributed by atoms with Gasteiger partial charge in [0.1, 0.15) is 5.60 Å². The molecule has 1 heterocycles. The van der Waals surface area contributed by atoms with Gasteiger partial charge in [0.15, 0.2) is 5.78 Å². The molecule has 0 atom stereocenters. The maximum Gasteiger partial charge on any atom is 0.340 e. The predicted molar refractivity (Wildman–Crippen MR) is 75.1 cm³/mol. The summed E-state index contributed by atoms with van der Waals surface area (Å²) in [7, 11) is 0. The average Bonchev–Trinajstić information content (AvgIpc) is 2.25. The molecule has 0 fully saturated rings. The zero-order valence-corrected chi connectivity index (χ0v) is 12.9. The van der Waals surface area contributed by atoms with Crippen LogP contribution in [-0.2, 0) is 4.74 Å². The van der Waals surface area contributed by atoms with E-state index in [1.165, 1.54) is 6.07 Å². The Hall–Kier alpha value is -1.43. The fourth-order valence-corrected chi connectivity index (χ4v) is 1.75. The summed E-state index contributed by atoms with van der Waals surface area (Å²) in [5, 5.41) is 0.0207. The summed E-state index contributed by atoms with van der Waals surface area (Å²) in [5.41, 5.74) is -0.624. The van der Waals surface area contributed by atoms with Gasteiger partial charge >= 0.3 is 5.97 Å². The van der Waals surface area contributed by atoms with Crippen molar-refractivity contribution in [2.75, 3.05) is 5.33 Å². The van der Waals surface area contributed by atoms with Gasteiger partial charge in [-0.25, -0.2) is 4.79 Å². The van der Waals surface area contributed by atoms with Crippen LogP contribution in [0.1, 0.15) is 47.2 Å². The molecule has 1 aromatic heterocycles. The van der Waals surface area contributed by atoms with Crippen LogP contribution in [0.5, 0.6) is 0 Å². The molecule has 0 bridgehead atoms. The second-order valence-corrected chi connectivity index (χ2v) is 5.67. The number of aromatic nitrogens is 1. The SMILES string of the molecule is Cc1[nH]c(=O)c(C(=O)CBr)cc1C(=O)OC(C)(C)C. The fraction of sp³-hybridized carbons (Fsp3) is 0.462. The van der Waals surface area contributed by atoms with Gasteiger partial charge in [-0.2, -0.15) is 0 Å². The quantitative estimate of drug-likeness (QED) is 0.524. The number of ether oxygens (including phenoxy) is 1. The zero-order valence-electron chi connectivity index (χ0n) is 11.3. The average molecular weight is 330 g/mol. The number of Topliss-reactive ketones (excluding diaryl/α,β-unsaturated/α-hetero) is 1. The van der Waals surface area contributed by atoms with Crippen molar-refractivity contribution in [3.63, 3.8) is 0 Å². The Balaban J connectivity index is 3.25. The van der Waals surface area contributed by atoms with Crippen LogP contribution in [0.4, 0.5) is 0 Å². The number of hydrogen-bond donors (Lipinski definition) is 1. The molecule has 1 aromatic rings. The second-order valence-electron chi connectivity index (χ2n) is 5.11. The number of esters is 1. The minimum Gasteiger partial charge on any atom is -0.456 e. The number of alkyl halides is 1. The van der Waals surface area contributed by atoms with Crippen LogP contribution in [0, 0.1) is 6.92 Å². The highest BCUT2D eigenvalue weighted by Crippen LogP contribution is 2.14. The van der Waals surface area contributed by atoms with Crippen molar-refractivity contribution >= 4 is 27.7 Å². The third-order valence-electron chi connectivity index (χ3n) is 2.28. The van der Waals surface area contributed by atoms with Gasteiger partial charge in [0, 0.05) is 5.69 Å². The summed E-state index contributed by atoms with van der Waals surface area (Å²) >= 11 is 3.00. The monoisotopic (exact) mass is 329 g/mol. The maximum absolute atomic E-state index is 12.0. The van der Waals surface area contributed by atoms with Crippen LogP contribution < -0.4 is 5.56 Å². The standard InChI is InChI=1S/C13H16BrNO4/c1-7-8(12(18)19-13(2,3)4)5-9(10(16)6-14)11(17)15-7/h5H,6H2,1-4H3,(H,15,17). The number of carbonyl (C=O) groups excluding carboxylic acids is 2. The molecule has 0 unspecified atom stereocenters. The number of aromatic amines is 1. The summed E-state index contributed by atoms with van der Waals surface area (Å²) in [5.74, 6) is -0.948. The highest BCUT2D eigenvalue weighted by atomic mass is 79.9. The molecule has 19 heavy (non-hydrogen) atoms. The van der Waals surface area contributed by atoms with E-state index in [9.17, 15) is 14.4 Å². The smallest absolute Gasteiger partial charge is 0.340 e. The Morgan fingerprint density at radius 1 is 1.32 bits per heavy atom. The summed E-state index contributed by atoms with van der Waals surface area (Å²) < 4.78 is 5.23. The topological polar surface area (TPSA) is 76.2 Å². The van der Waals surface area contributed by atoms with E-state index < -0.39 is 17.1 Å². The molecule has 1 rings (SSSR count). The van der Waals surface area contributed by atoms with E-state index in [-0.39, 0.29) is 22.2 Å². The van der Waals surface area contributed by atoms with Crippen molar-refractivity contribution in [1.29, 1.82) is 0 Å². The van der Waals surface area contributed by atoms with Crippen molar-refractivity contribution in [1.82, 2.24) is 4.98 Å². The number of pyridine rings is 1. The number of halogens is 1. The molecule has 0 amide bonds. The van der Waals surface area contributed by atoms with Gasteiger partial charge in [-0.15, -0.1) is 0 Å². The van der Waals surface area contributed by atoms with Crippen molar-refractivity contribution in [3.05, 3.63) is 33.2 Å². The van der Waals surface area contributed by atoms with E-state index >= 15 is 0 Å². The summed E-state index contributed by atoms with van der Waals surface area (Å²) in [6.07, 6.45) is 0. The predicted octanol–water partition coefficient (Wildman–Crippen LogP) is 2.22. The molecule has 0 saturated heterocycles. The summed E-state index contributed by atoms with van der Waals surface area (Å²) in [6.45, 7) is 6.83. The van der Waals surface area contributed by atoms with E-state index in [1.54, 1.807) is 27.7 Å². The first-order chi connectivity index (χ1) is 8.65. The molecule has 0 aliphatic carbocycles. The minimum absolute atomic E-state index is 0.0207. The summed E-state index contributed by atoms with van der Waals surface area (Å²) in [6, 6.07) is 1.28. The first-order valence-electron chi connectivity index (χ1n) is 5.72. The number of nitrogens with one attached hydrogen (secondary N) is 1. The number of hydrogen-bond acceptors (Lipinski definition) is 4. The molecule has 6 heteroatoms. The fourth-order valence-electron chi connectivity index (χ4n) is 1.45. The molecule has 0 aromatic carbocycles. The number of H-pyrrole nitrogens is 1. The van der Waals surface area contributed by atoms with E-state index in [2.05, 4.69) is 20.9 Å². The number of ketones is 1. The second kappa shape index (κ2) is 5.69. The molecule has 1 N–H and O–H groups in total. The third-order valence-corrected chi connectivity index (χ3v) is 2.79. The molecule has 0 aliphatic rings. The van der Waals surface area contributed by atoms with Gasteiger partial charge in [-0.3, -0.25) is 9.59 Å². The lowest BCUT2D eigenvalue weighted by atomic mass is 10.1. The zero-order chi connectivity index (χ0) is 14.8. The Morgan fingerprint density at radius 2 is 1.89 bits per heavy atom. The van der Waals surface area contributed by atoms with E-state index in [0.717, 1.165) is 0 Å². The van der Waals surface area contributed by atoms with Crippen LogP contribution >= 0.6 is 15.9 Å². The van der Waals surface area contributed by atoms with Gasteiger partial charge in [0.2, 0.25) is 0 Å². The normalized spacial score (nSPS) is 11.2. The Kier molecular flexibility index (Phi) is 4.68. The Morgan fingerprint density at radius 3 is 2.37 bits per heavy atom. The largest absolute Gasteiger partial charge is 0.456 e. The van der Waals surface area contributed by atoms with Crippen molar-refractivity contribution < 1.29 is 14.3 Å². The van der Waals surface area contributed by atoms with Crippen LogP contribution in [0.15, 0.2) is 10.9 Å². The molecule has 0 spiro atoms. The number of aryl methyl sites for hydroxylation is 1. The van der Waals surface area contributed by atoms with Gasteiger partial charge in [-0.1, -0.05) is 15.9 Å². The van der Waals surface area contributed by atoms with Gasteiger partial charge in [-0.05, 0) is 33.8 Å². The molecule has 5 nitrogen and oxygen atoms in total. The first kappa shape index (κ1) is 15.6. The van der Waals surface area contributed by atoms with Crippen molar-refractivity contribution in [2.45, 2.75) is 33.3 Å². The van der Waals surface area contributed by atoms with E-state index in [4.69, 9.17) is 4.74 Å². The molecular formula is C13H16BrNO4. The highest BCUT2D eigenvalue weighted by molar-refractivity contribution is 9.09. The van der Waals surface area contributed by atoms with Gasteiger partial charge < -0.3 is 9.72 Å². The van der Waals surface area contributed by atoms with Crippen LogP contribution in [0.2, 0.25) is 0 Å². The van der Waals surface area contributed by atoms with Gasteiger partial charge in [0.05, 0.1) is 16.5 Å². The minimum atomic E-state index is -0.640. The van der Waals surface area contributed by atoms with E-state index in [0.29, 0.717) is 5.69 Å². The van der Waals surface area contributed by atoms with Crippen molar-refractivity contribution in [3.8, 4) is 0 Å². The highest BCUT2D eigenvalue weighted by Gasteiger charge is 2.22. The molecule has 0 saturated carbocycles. The Labute approximate surface area is 119 Å². The number of carbonyl (C=O) groups is 2. The lowest BCUT2D eigenvalue weighted by Gasteiger charge is -2.20. The molecular weight excluding hydrogens is 314 g/mol. The molecule has 0 radical (unpaired) electrons. The van der Waals surface area contributed by atoms with Crippen LogP contribution in [-0.4, -0.2) is 27.7 Å². The lowest BCUT2D eigenvalue weighted by molar-refractivity contribution is 0.00682. The first-order valence-corrected chi connectivity index (χ1v) is 6.84. The molecule has 0 aliphatic heterocycles. The van der Waals surface area contributed by atoms with E-state index in [1.807, 2.05) is 0 Å². The van der Waals surface area contributed by atoms with Gasteiger partial charge in [0.25, 0.3) is 5.56 Å². The lowest BCUT2D eigenvalue weighted by Crippen LogP contribution is -2.27. The maximum atomic E-state index is 12.0. The Bertz CT molecular complexity index is 569. The van der Waals surface area contributed by atoms with Crippen molar-refractivity contribution in [2.24, 2.45) is 0 Å². The van der Waals surface area contributed by atoms with Crippen LogP contribution in [0.25, 0.3) is 0 Å².